The average Bonchev–Trinajstić information content (AvgIpc) is 3.96. The first kappa shape index (κ1) is 31.0. The summed E-state index contributed by atoms with van der Waals surface area (Å²) in [7, 11) is 0. The standard InChI is InChI=1S/C49H30N2OS2/c1-3-10-31(11-4-1)32-18-23-36(24-19-32)51(42-16-9-15-39-38-14-7-8-17-43(38)52-47(39)42)37-25-20-33(21-26-37)35-22-28-44-40(30-35)46-45(53-44)29-27-41-48(46)54-49(50-41)34-12-5-2-6-13-34/h1-30H. The van der Waals surface area contributed by atoms with Gasteiger partial charge in [-0.15, -0.1) is 22.7 Å². The number of thiophene rings is 1. The van der Waals surface area contributed by atoms with Gasteiger partial charge in [-0.1, -0.05) is 121 Å². The van der Waals surface area contributed by atoms with E-state index in [1.54, 1.807) is 11.3 Å². The van der Waals surface area contributed by atoms with Gasteiger partial charge in [-0.3, -0.25) is 0 Å². The molecule has 3 aromatic heterocycles. The van der Waals surface area contributed by atoms with Crippen molar-refractivity contribution in [3.8, 4) is 32.8 Å². The van der Waals surface area contributed by atoms with Crippen molar-refractivity contribution in [1.29, 1.82) is 0 Å². The van der Waals surface area contributed by atoms with Gasteiger partial charge in [0.2, 0.25) is 0 Å². The third-order valence-corrected chi connectivity index (χ3v) is 12.6. The molecule has 0 aliphatic carbocycles. The quantitative estimate of drug-likeness (QED) is 0.171. The lowest BCUT2D eigenvalue weighted by molar-refractivity contribution is 0.669. The molecule has 3 nitrogen and oxygen atoms in total. The van der Waals surface area contributed by atoms with Crippen molar-refractivity contribution in [2.75, 3.05) is 4.90 Å². The average molecular weight is 727 g/mol. The fourth-order valence-electron chi connectivity index (χ4n) is 7.70. The largest absolute Gasteiger partial charge is 0.454 e. The van der Waals surface area contributed by atoms with E-state index in [1.807, 2.05) is 23.5 Å². The maximum atomic E-state index is 6.57. The molecule has 0 amide bonds. The minimum atomic E-state index is 0.870. The number of nitrogens with zero attached hydrogens (tertiary/aromatic N) is 2. The molecular weight excluding hydrogens is 697 g/mol. The van der Waals surface area contributed by atoms with Crippen LogP contribution >= 0.6 is 22.7 Å². The van der Waals surface area contributed by atoms with Crippen molar-refractivity contribution in [2.24, 2.45) is 0 Å². The Hall–Kier alpha value is -6.53. The van der Waals surface area contributed by atoms with Crippen LogP contribution in [0.1, 0.15) is 0 Å². The predicted octanol–water partition coefficient (Wildman–Crippen LogP) is 15.0. The molecule has 0 saturated carbocycles. The lowest BCUT2D eigenvalue weighted by Crippen LogP contribution is -2.10. The SMILES string of the molecule is c1ccc(-c2ccc(N(c3ccc(-c4ccc5sc6ccc7nc(-c8ccccc8)sc7c6c5c4)cc3)c3cccc4c3oc3ccccc34)cc2)cc1. The molecule has 11 rings (SSSR count). The number of hydrogen-bond donors (Lipinski definition) is 0. The summed E-state index contributed by atoms with van der Waals surface area (Å²) in [5, 5.41) is 5.86. The van der Waals surface area contributed by atoms with Crippen molar-refractivity contribution in [3.63, 3.8) is 0 Å². The third kappa shape index (κ3) is 5.12. The second-order valence-corrected chi connectivity index (χ2v) is 15.6. The number of thiazole rings is 1. The Labute approximate surface area is 319 Å². The molecule has 0 saturated heterocycles. The second-order valence-electron chi connectivity index (χ2n) is 13.5. The van der Waals surface area contributed by atoms with E-state index < -0.39 is 0 Å². The zero-order chi connectivity index (χ0) is 35.6. The van der Waals surface area contributed by atoms with Gasteiger partial charge in [0.15, 0.2) is 5.58 Å². The second kappa shape index (κ2) is 12.6. The van der Waals surface area contributed by atoms with Gasteiger partial charge in [-0.2, -0.15) is 0 Å². The van der Waals surface area contributed by atoms with Crippen LogP contribution in [-0.4, -0.2) is 4.98 Å². The number of furan rings is 1. The Morgan fingerprint density at radius 1 is 0.444 bits per heavy atom. The molecular formula is C49H30N2OS2. The van der Waals surface area contributed by atoms with Crippen LogP contribution in [0.2, 0.25) is 0 Å². The van der Waals surface area contributed by atoms with Gasteiger partial charge in [-0.05, 0) is 82.9 Å². The summed E-state index contributed by atoms with van der Waals surface area (Å²) >= 11 is 3.64. The number of fused-ring (bicyclic) bond motifs is 8. The van der Waals surface area contributed by atoms with Crippen LogP contribution in [0.3, 0.4) is 0 Å². The highest BCUT2D eigenvalue weighted by Gasteiger charge is 2.20. The molecule has 3 heterocycles. The summed E-state index contributed by atoms with van der Waals surface area (Å²) in [6.07, 6.45) is 0. The zero-order valence-electron chi connectivity index (χ0n) is 28.9. The van der Waals surface area contributed by atoms with Gasteiger partial charge in [0, 0.05) is 47.9 Å². The van der Waals surface area contributed by atoms with E-state index in [0.29, 0.717) is 0 Å². The Balaban J connectivity index is 1.02. The minimum Gasteiger partial charge on any atom is -0.454 e. The summed E-state index contributed by atoms with van der Waals surface area (Å²) < 4.78 is 10.4. The number of benzene rings is 8. The van der Waals surface area contributed by atoms with Crippen LogP contribution in [-0.2, 0) is 0 Å². The number of anilines is 3. The Morgan fingerprint density at radius 2 is 1.06 bits per heavy atom. The molecule has 0 fully saturated rings. The minimum absolute atomic E-state index is 0.870. The maximum Gasteiger partial charge on any atom is 0.159 e. The summed E-state index contributed by atoms with van der Waals surface area (Å²) in [5.74, 6) is 0. The molecule has 0 bridgehead atoms. The normalized spacial score (nSPS) is 11.7. The lowest BCUT2D eigenvalue weighted by Gasteiger charge is -2.26. The van der Waals surface area contributed by atoms with Crippen LogP contribution in [0.15, 0.2) is 186 Å². The molecule has 0 N–H and O–H groups in total. The Kier molecular flexibility index (Phi) is 7.22. The van der Waals surface area contributed by atoms with E-state index in [2.05, 4.69) is 175 Å². The molecule has 11 aromatic rings. The van der Waals surface area contributed by atoms with Gasteiger partial charge in [0.05, 0.1) is 15.9 Å². The molecule has 0 aliphatic heterocycles. The smallest absolute Gasteiger partial charge is 0.159 e. The number of hydrogen-bond acceptors (Lipinski definition) is 5. The molecule has 5 heteroatoms. The molecule has 0 unspecified atom stereocenters. The Morgan fingerprint density at radius 3 is 1.81 bits per heavy atom. The number of rotatable bonds is 6. The van der Waals surface area contributed by atoms with Gasteiger partial charge in [0.1, 0.15) is 10.6 Å². The van der Waals surface area contributed by atoms with E-state index in [0.717, 1.165) is 55.1 Å². The highest BCUT2D eigenvalue weighted by Crippen LogP contribution is 2.45. The highest BCUT2D eigenvalue weighted by molar-refractivity contribution is 7.28. The third-order valence-electron chi connectivity index (χ3n) is 10.3. The molecule has 54 heavy (non-hydrogen) atoms. The summed E-state index contributed by atoms with van der Waals surface area (Å²) in [4.78, 5) is 7.35. The first-order chi connectivity index (χ1) is 26.7. The van der Waals surface area contributed by atoms with E-state index in [4.69, 9.17) is 9.40 Å². The van der Waals surface area contributed by atoms with Crippen molar-refractivity contribution >= 4 is 92.1 Å². The first-order valence-corrected chi connectivity index (χ1v) is 19.7. The van der Waals surface area contributed by atoms with E-state index in [1.165, 1.54) is 47.1 Å². The monoisotopic (exact) mass is 726 g/mol. The summed E-state index contributed by atoms with van der Waals surface area (Å²) in [6.45, 7) is 0. The maximum absolute atomic E-state index is 6.57. The van der Waals surface area contributed by atoms with Crippen LogP contribution in [0.25, 0.3) is 85.2 Å². The Bertz CT molecular complexity index is 3140. The van der Waals surface area contributed by atoms with Gasteiger partial charge >= 0.3 is 0 Å². The predicted molar refractivity (Wildman–Crippen MR) is 231 cm³/mol. The molecule has 0 atom stereocenters. The topological polar surface area (TPSA) is 29.3 Å². The molecule has 0 radical (unpaired) electrons. The van der Waals surface area contributed by atoms with Crippen molar-refractivity contribution in [1.82, 2.24) is 4.98 Å². The molecule has 8 aromatic carbocycles. The van der Waals surface area contributed by atoms with Crippen LogP contribution in [0.5, 0.6) is 0 Å². The highest BCUT2D eigenvalue weighted by atomic mass is 32.1. The van der Waals surface area contributed by atoms with Gasteiger partial charge in [0.25, 0.3) is 0 Å². The van der Waals surface area contributed by atoms with Gasteiger partial charge < -0.3 is 9.32 Å². The van der Waals surface area contributed by atoms with Crippen molar-refractivity contribution < 1.29 is 4.42 Å². The summed E-state index contributed by atoms with van der Waals surface area (Å²) in [5.41, 5.74) is 11.8. The fraction of sp³-hybridized carbons (Fsp3) is 0. The lowest BCUT2D eigenvalue weighted by atomic mass is 10.0. The van der Waals surface area contributed by atoms with E-state index in [-0.39, 0.29) is 0 Å². The van der Waals surface area contributed by atoms with Crippen LogP contribution in [0, 0.1) is 0 Å². The van der Waals surface area contributed by atoms with Crippen molar-refractivity contribution in [3.05, 3.63) is 182 Å². The zero-order valence-corrected chi connectivity index (χ0v) is 30.6. The van der Waals surface area contributed by atoms with E-state index in [9.17, 15) is 0 Å². The van der Waals surface area contributed by atoms with Crippen molar-refractivity contribution in [2.45, 2.75) is 0 Å². The fourth-order valence-corrected chi connectivity index (χ4v) is 9.99. The number of para-hydroxylation sites is 2. The number of aromatic nitrogens is 1. The first-order valence-electron chi connectivity index (χ1n) is 18.0. The molecule has 0 spiro atoms. The van der Waals surface area contributed by atoms with Crippen LogP contribution < -0.4 is 4.90 Å². The molecule has 0 aliphatic rings. The van der Waals surface area contributed by atoms with E-state index >= 15 is 0 Å². The van der Waals surface area contributed by atoms with Crippen LogP contribution in [0.4, 0.5) is 17.1 Å². The molecule has 254 valence electrons. The van der Waals surface area contributed by atoms with Gasteiger partial charge in [-0.25, -0.2) is 4.98 Å². The summed E-state index contributed by atoms with van der Waals surface area (Å²) in [6, 6.07) is 64.8.